The van der Waals surface area contributed by atoms with Crippen LogP contribution < -0.4 is 10.6 Å². The van der Waals surface area contributed by atoms with Crippen LogP contribution in [-0.2, 0) is 23.9 Å². The molecule has 2 unspecified atom stereocenters. The zero-order valence-corrected chi connectivity index (χ0v) is 32.4. The van der Waals surface area contributed by atoms with Crippen molar-refractivity contribution in [3.63, 3.8) is 0 Å². The van der Waals surface area contributed by atoms with Gasteiger partial charge in [-0.15, -0.1) is 0 Å². The molecule has 0 rings (SSSR count). The maximum atomic E-state index is 12.6. The zero-order chi connectivity index (χ0) is 37.6. The molecular formula is C42H74N2O7. The van der Waals surface area contributed by atoms with E-state index in [4.69, 9.17) is 14.9 Å². The third-order valence-corrected chi connectivity index (χ3v) is 8.82. The molecule has 2 amide bonds. The third-order valence-electron chi connectivity index (χ3n) is 8.82. The van der Waals surface area contributed by atoms with E-state index in [0.717, 1.165) is 64.2 Å². The highest BCUT2D eigenvalue weighted by molar-refractivity contribution is 5.87. The number of carboxylic acids is 1. The van der Waals surface area contributed by atoms with Crippen LogP contribution >= 0.6 is 0 Å². The Bertz CT molecular complexity index is 963. The number of nitrogens with one attached hydrogen (secondary N) is 2. The first kappa shape index (κ1) is 48.1. The smallest absolute Gasteiger partial charge is 0.328 e. The van der Waals surface area contributed by atoms with Crippen LogP contribution in [0.2, 0.25) is 0 Å². The predicted molar refractivity (Wildman–Crippen MR) is 208 cm³/mol. The van der Waals surface area contributed by atoms with Crippen molar-refractivity contribution in [2.24, 2.45) is 0 Å². The lowest BCUT2D eigenvalue weighted by atomic mass is 10.1. The SMILES string of the molecule is CCC/C=C\C/C=C\C(CCCCCCC(=O)NCC(=O)NC(CO)C(=O)O)OC(=O)CCCCCCCCC/C=C\CCCCCCCCC. The number of unbranched alkanes of at least 4 members (excludes halogenated alkanes) is 18. The quantitative estimate of drug-likeness (QED) is 0.0287. The molecule has 0 aliphatic rings. The minimum Gasteiger partial charge on any atom is -0.480 e. The van der Waals surface area contributed by atoms with Gasteiger partial charge in [0.2, 0.25) is 11.8 Å². The molecule has 0 aromatic rings. The minimum atomic E-state index is -1.39. The highest BCUT2D eigenvalue weighted by Crippen LogP contribution is 2.15. The molecule has 294 valence electrons. The Labute approximate surface area is 310 Å². The molecule has 51 heavy (non-hydrogen) atoms. The van der Waals surface area contributed by atoms with Gasteiger partial charge in [-0.1, -0.05) is 134 Å². The van der Waals surface area contributed by atoms with Gasteiger partial charge < -0.3 is 25.6 Å². The summed E-state index contributed by atoms with van der Waals surface area (Å²) in [5, 5.41) is 22.5. The molecule has 0 aliphatic heterocycles. The maximum Gasteiger partial charge on any atom is 0.328 e. The summed E-state index contributed by atoms with van der Waals surface area (Å²) < 4.78 is 5.85. The van der Waals surface area contributed by atoms with Crippen LogP contribution in [-0.4, -0.2) is 59.3 Å². The largest absolute Gasteiger partial charge is 0.480 e. The van der Waals surface area contributed by atoms with Crippen LogP contribution in [0.25, 0.3) is 0 Å². The Morgan fingerprint density at radius 1 is 0.608 bits per heavy atom. The maximum absolute atomic E-state index is 12.6. The summed E-state index contributed by atoms with van der Waals surface area (Å²) in [4.78, 5) is 47.3. The van der Waals surface area contributed by atoms with E-state index in [9.17, 15) is 19.2 Å². The number of ether oxygens (including phenoxy) is 1. The highest BCUT2D eigenvalue weighted by Gasteiger charge is 2.18. The van der Waals surface area contributed by atoms with Gasteiger partial charge in [0.15, 0.2) is 0 Å². The Morgan fingerprint density at radius 2 is 1.16 bits per heavy atom. The van der Waals surface area contributed by atoms with Gasteiger partial charge in [0, 0.05) is 12.8 Å². The van der Waals surface area contributed by atoms with E-state index in [1.54, 1.807) is 0 Å². The van der Waals surface area contributed by atoms with E-state index in [2.05, 4.69) is 54.9 Å². The number of hydrogen-bond acceptors (Lipinski definition) is 6. The second-order valence-electron chi connectivity index (χ2n) is 13.7. The van der Waals surface area contributed by atoms with Gasteiger partial charge in [-0.05, 0) is 70.3 Å². The molecule has 0 fully saturated rings. The average Bonchev–Trinajstić information content (AvgIpc) is 3.11. The number of aliphatic hydroxyl groups excluding tert-OH is 1. The van der Waals surface area contributed by atoms with Crippen molar-refractivity contribution < 1.29 is 34.1 Å². The Hall–Kier alpha value is -2.94. The second kappa shape index (κ2) is 36.8. The molecule has 0 aromatic heterocycles. The first-order valence-electron chi connectivity index (χ1n) is 20.4. The summed E-state index contributed by atoms with van der Waals surface area (Å²) in [6.45, 7) is 3.35. The molecular weight excluding hydrogens is 644 g/mol. The number of aliphatic carboxylic acids is 1. The standard InChI is InChI=1S/C42H74N2O7/c1-3-5-7-9-11-12-13-14-15-16-17-18-19-20-21-22-24-30-34-41(48)51-37(31-27-23-10-8-6-4-2)32-28-25-26-29-33-39(46)43-35-40(47)44-38(36-45)42(49)50/h8,10,15-16,27,31,37-38,45H,3-7,9,11-14,17-26,28-30,32-36H2,1-2H3,(H,43,46)(H,44,47)(H,49,50)/b10-8-,16-15-,31-27-. The van der Waals surface area contributed by atoms with E-state index in [0.29, 0.717) is 12.8 Å². The minimum absolute atomic E-state index is 0.135. The number of carboxylic acid groups (broad SMARTS) is 1. The lowest BCUT2D eigenvalue weighted by molar-refractivity contribution is -0.147. The summed E-state index contributed by atoms with van der Waals surface area (Å²) >= 11 is 0. The molecule has 9 heteroatoms. The number of esters is 1. The van der Waals surface area contributed by atoms with Crippen molar-refractivity contribution >= 4 is 23.8 Å². The Morgan fingerprint density at radius 3 is 1.75 bits per heavy atom. The zero-order valence-electron chi connectivity index (χ0n) is 32.4. The normalized spacial score (nSPS) is 12.8. The third kappa shape index (κ3) is 33.9. The summed E-state index contributed by atoms with van der Waals surface area (Å²) in [5.41, 5.74) is 0. The van der Waals surface area contributed by atoms with Crippen molar-refractivity contribution in [1.82, 2.24) is 10.6 Å². The number of rotatable bonds is 36. The fraction of sp³-hybridized carbons (Fsp3) is 0.762. The van der Waals surface area contributed by atoms with Crippen LogP contribution in [0.3, 0.4) is 0 Å². The van der Waals surface area contributed by atoms with E-state index in [-0.39, 0.29) is 30.9 Å². The van der Waals surface area contributed by atoms with E-state index < -0.39 is 24.5 Å². The number of aliphatic hydroxyl groups is 1. The molecule has 0 saturated carbocycles. The first-order valence-corrected chi connectivity index (χ1v) is 20.4. The molecule has 0 spiro atoms. The van der Waals surface area contributed by atoms with Gasteiger partial charge in [-0.3, -0.25) is 14.4 Å². The molecule has 0 bridgehead atoms. The molecule has 0 heterocycles. The van der Waals surface area contributed by atoms with Gasteiger partial charge in [-0.2, -0.15) is 0 Å². The van der Waals surface area contributed by atoms with E-state index in [1.807, 2.05) is 6.08 Å². The summed E-state index contributed by atoms with van der Waals surface area (Å²) in [5.74, 6) is -2.43. The van der Waals surface area contributed by atoms with Crippen molar-refractivity contribution in [3.05, 3.63) is 36.5 Å². The van der Waals surface area contributed by atoms with Crippen LogP contribution in [0.1, 0.15) is 181 Å². The number of amides is 2. The molecule has 0 aromatic carbocycles. The number of carbonyl (C=O) groups excluding carboxylic acids is 3. The Kier molecular flexibility index (Phi) is 34.7. The molecule has 0 radical (unpaired) electrons. The van der Waals surface area contributed by atoms with Crippen LogP contribution in [0.5, 0.6) is 0 Å². The lowest BCUT2D eigenvalue weighted by Crippen LogP contribution is -2.47. The van der Waals surface area contributed by atoms with Crippen molar-refractivity contribution in [1.29, 1.82) is 0 Å². The van der Waals surface area contributed by atoms with Crippen LogP contribution in [0.15, 0.2) is 36.5 Å². The molecule has 2 atom stereocenters. The van der Waals surface area contributed by atoms with Gasteiger partial charge >= 0.3 is 11.9 Å². The van der Waals surface area contributed by atoms with E-state index in [1.165, 1.54) is 83.5 Å². The Balaban J connectivity index is 4.15. The number of allylic oxidation sites excluding steroid dienone is 5. The van der Waals surface area contributed by atoms with Gasteiger partial charge in [0.25, 0.3) is 0 Å². The van der Waals surface area contributed by atoms with Crippen molar-refractivity contribution in [3.8, 4) is 0 Å². The summed E-state index contributed by atoms with van der Waals surface area (Å²) in [6, 6.07) is -1.39. The number of carbonyl (C=O) groups is 4. The van der Waals surface area contributed by atoms with Crippen LogP contribution in [0.4, 0.5) is 0 Å². The lowest BCUT2D eigenvalue weighted by Gasteiger charge is -2.15. The topological polar surface area (TPSA) is 142 Å². The van der Waals surface area contributed by atoms with Gasteiger partial charge in [0.1, 0.15) is 12.1 Å². The molecule has 9 nitrogen and oxygen atoms in total. The highest BCUT2D eigenvalue weighted by atomic mass is 16.5. The first-order chi connectivity index (χ1) is 24.8. The van der Waals surface area contributed by atoms with Gasteiger partial charge in [0.05, 0.1) is 13.2 Å². The number of hydrogen-bond donors (Lipinski definition) is 4. The second-order valence-corrected chi connectivity index (χ2v) is 13.7. The van der Waals surface area contributed by atoms with Crippen molar-refractivity contribution in [2.75, 3.05) is 13.2 Å². The van der Waals surface area contributed by atoms with Gasteiger partial charge in [-0.25, -0.2) is 4.79 Å². The summed E-state index contributed by atoms with van der Waals surface area (Å²) in [6.07, 6.45) is 40.6. The van der Waals surface area contributed by atoms with Crippen molar-refractivity contribution in [2.45, 2.75) is 193 Å². The predicted octanol–water partition coefficient (Wildman–Crippen LogP) is 9.43. The summed E-state index contributed by atoms with van der Waals surface area (Å²) in [7, 11) is 0. The molecule has 0 saturated heterocycles. The fourth-order valence-electron chi connectivity index (χ4n) is 5.66. The average molecular weight is 719 g/mol. The molecule has 0 aliphatic carbocycles. The monoisotopic (exact) mass is 719 g/mol. The molecule has 4 N–H and O–H groups in total. The van der Waals surface area contributed by atoms with Crippen LogP contribution in [0, 0.1) is 0 Å². The van der Waals surface area contributed by atoms with E-state index >= 15 is 0 Å². The fourth-order valence-corrected chi connectivity index (χ4v) is 5.66.